The summed E-state index contributed by atoms with van der Waals surface area (Å²) in [5.41, 5.74) is 3.68. The Hall–Kier alpha value is -3.19. The average Bonchev–Trinajstić information content (AvgIpc) is 3.42. The summed E-state index contributed by atoms with van der Waals surface area (Å²) in [7, 11) is 0. The minimum atomic E-state index is -0.0673. The monoisotopic (exact) mass is 491 g/mol. The molecule has 172 valence electrons. The van der Waals surface area contributed by atoms with Crippen molar-refractivity contribution in [2.24, 2.45) is 0 Å². The molecule has 34 heavy (non-hydrogen) atoms. The van der Waals surface area contributed by atoms with E-state index < -0.39 is 0 Å². The van der Waals surface area contributed by atoms with Crippen LogP contribution in [0.4, 0.5) is 0 Å². The zero-order valence-electron chi connectivity index (χ0n) is 18.4. The standard InChI is InChI=1S/C26H23Cl2N5O/c27-21-8-6-20(7-9-21)25(19-4-2-1-3-5-19)31-12-14-32(15-13-31)26(34)23-16-22(10-11-24(23)28)33-17-29-30-18-33/h1-11,16-18,25H,12-15H2/t25-/m1/s1. The number of amides is 1. The zero-order chi connectivity index (χ0) is 23.5. The second-order valence-corrected chi connectivity index (χ2v) is 9.07. The van der Waals surface area contributed by atoms with Gasteiger partial charge in [-0.05, 0) is 41.5 Å². The van der Waals surface area contributed by atoms with E-state index in [0.717, 1.165) is 23.8 Å². The third-order valence-electron chi connectivity index (χ3n) is 6.16. The number of benzene rings is 3. The van der Waals surface area contributed by atoms with Crippen LogP contribution in [0.1, 0.15) is 27.5 Å². The van der Waals surface area contributed by atoms with Gasteiger partial charge in [-0.1, -0.05) is 65.7 Å². The molecule has 1 aromatic heterocycles. The highest BCUT2D eigenvalue weighted by Gasteiger charge is 2.29. The Morgan fingerprint density at radius 3 is 2.12 bits per heavy atom. The molecule has 4 aromatic rings. The Morgan fingerprint density at radius 1 is 0.794 bits per heavy atom. The number of piperazine rings is 1. The van der Waals surface area contributed by atoms with Gasteiger partial charge in [0.1, 0.15) is 12.7 Å². The lowest BCUT2D eigenvalue weighted by Crippen LogP contribution is -2.50. The Labute approximate surface area is 208 Å². The van der Waals surface area contributed by atoms with Crippen molar-refractivity contribution in [2.45, 2.75) is 6.04 Å². The van der Waals surface area contributed by atoms with Crippen LogP contribution >= 0.6 is 23.2 Å². The summed E-state index contributed by atoms with van der Waals surface area (Å²) in [5.74, 6) is -0.0673. The van der Waals surface area contributed by atoms with Crippen molar-refractivity contribution in [1.82, 2.24) is 24.6 Å². The highest BCUT2D eigenvalue weighted by molar-refractivity contribution is 6.34. The Balaban J connectivity index is 1.35. The van der Waals surface area contributed by atoms with Gasteiger partial charge >= 0.3 is 0 Å². The Morgan fingerprint density at radius 2 is 1.44 bits per heavy atom. The summed E-state index contributed by atoms with van der Waals surface area (Å²) in [6.07, 6.45) is 3.19. The van der Waals surface area contributed by atoms with Gasteiger partial charge in [0.25, 0.3) is 5.91 Å². The molecule has 1 aliphatic heterocycles. The fraction of sp³-hybridized carbons (Fsp3) is 0.192. The predicted molar refractivity (Wildman–Crippen MR) is 134 cm³/mol. The maximum absolute atomic E-state index is 13.4. The van der Waals surface area contributed by atoms with Crippen molar-refractivity contribution in [1.29, 1.82) is 0 Å². The van der Waals surface area contributed by atoms with Crippen LogP contribution in [0, 0.1) is 0 Å². The van der Waals surface area contributed by atoms with Gasteiger partial charge in [-0.2, -0.15) is 0 Å². The number of hydrogen-bond donors (Lipinski definition) is 0. The van der Waals surface area contributed by atoms with E-state index in [4.69, 9.17) is 23.2 Å². The molecule has 0 unspecified atom stereocenters. The van der Waals surface area contributed by atoms with Crippen molar-refractivity contribution in [3.05, 3.63) is 112 Å². The second-order valence-electron chi connectivity index (χ2n) is 8.23. The summed E-state index contributed by atoms with van der Waals surface area (Å²) in [4.78, 5) is 17.7. The molecule has 1 atom stereocenters. The lowest BCUT2D eigenvalue weighted by Gasteiger charge is -2.40. The number of hydrogen-bond acceptors (Lipinski definition) is 4. The van der Waals surface area contributed by atoms with Gasteiger partial charge in [0, 0.05) is 36.9 Å². The highest BCUT2D eigenvalue weighted by Crippen LogP contribution is 2.31. The van der Waals surface area contributed by atoms with Gasteiger partial charge < -0.3 is 4.90 Å². The first-order valence-corrected chi connectivity index (χ1v) is 11.8. The molecular weight excluding hydrogens is 469 g/mol. The summed E-state index contributed by atoms with van der Waals surface area (Å²) in [6, 6.07) is 23.9. The van der Waals surface area contributed by atoms with Crippen molar-refractivity contribution >= 4 is 29.1 Å². The lowest BCUT2D eigenvalue weighted by atomic mass is 9.96. The molecule has 0 saturated carbocycles. The van der Waals surface area contributed by atoms with Crippen molar-refractivity contribution in [3.8, 4) is 5.69 Å². The molecule has 0 aliphatic carbocycles. The summed E-state index contributed by atoms with van der Waals surface area (Å²) >= 11 is 12.6. The topological polar surface area (TPSA) is 54.3 Å². The highest BCUT2D eigenvalue weighted by atomic mass is 35.5. The molecule has 1 saturated heterocycles. The summed E-state index contributed by atoms with van der Waals surface area (Å²) < 4.78 is 1.75. The Bertz CT molecular complexity index is 1250. The molecule has 0 spiro atoms. The summed E-state index contributed by atoms with van der Waals surface area (Å²) in [5, 5.41) is 8.83. The lowest BCUT2D eigenvalue weighted by molar-refractivity contribution is 0.0597. The molecule has 0 N–H and O–H groups in total. The fourth-order valence-electron chi connectivity index (χ4n) is 4.42. The van der Waals surface area contributed by atoms with Crippen LogP contribution in [0.15, 0.2) is 85.5 Å². The molecular formula is C26H23Cl2N5O. The summed E-state index contributed by atoms with van der Waals surface area (Å²) in [6.45, 7) is 2.72. The molecule has 1 amide bonds. The van der Waals surface area contributed by atoms with Crippen LogP contribution in [0.3, 0.4) is 0 Å². The smallest absolute Gasteiger partial charge is 0.255 e. The Kier molecular flexibility index (Phi) is 6.63. The number of carbonyl (C=O) groups is 1. The van der Waals surface area contributed by atoms with Gasteiger partial charge in [-0.25, -0.2) is 0 Å². The number of carbonyl (C=O) groups excluding carboxylic acids is 1. The van der Waals surface area contributed by atoms with Crippen LogP contribution in [0.25, 0.3) is 5.69 Å². The molecule has 0 radical (unpaired) electrons. The van der Waals surface area contributed by atoms with E-state index >= 15 is 0 Å². The molecule has 2 heterocycles. The van der Waals surface area contributed by atoms with E-state index in [1.54, 1.807) is 29.4 Å². The first kappa shape index (κ1) is 22.6. The fourth-order valence-corrected chi connectivity index (χ4v) is 4.74. The van der Waals surface area contributed by atoms with Gasteiger partial charge in [0.15, 0.2) is 0 Å². The SMILES string of the molecule is O=C(c1cc(-n2cnnc2)ccc1Cl)N1CCN([C@H](c2ccccc2)c2ccc(Cl)cc2)CC1. The van der Waals surface area contributed by atoms with Gasteiger partial charge in [-0.3, -0.25) is 14.3 Å². The number of nitrogens with zero attached hydrogens (tertiary/aromatic N) is 5. The van der Waals surface area contributed by atoms with Crippen molar-refractivity contribution in [2.75, 3.05) is 26.2 Å². The van der Waals surface area contributed by atoms with Crippen molar-refractivity contribution < 1.29 is 4.79 Å². The van der Waals surface area contributed by atoms with Crippen LogP contribution in [0.2, 0.25) is 10.0 Å². The quantitative estimate of drug-likeness (QED) is 0.388. The van der Waals surface area contributed by atoms with E-state index in [0.29, 0.717) is 23.7 Å². The second kappa shape index (κ2) is 9.97. The molecule has 0 bridgehead atoms. The van der Waals surface area contributed by atoms with Gasteiger partial charge in [0.2, 0.25) is 0 Å². The molecule has 8 heteroatoms. The number of rotatable bonds is 5. The average molecular weight is 492 g/mol. The van der Waals surface area contributed by atoms with Gasteiger partial charge in [-0.15, -0.1) is 10.2 Å². The van der Waals surface area contributed by atoms with Crippen LogP contribution in [-0.4, -0.2) is 56.7 Å². The van der Waals surface area contributed by atoms with E-state index in [1.807, 2.05) is 29.2 Å². The van der Waals surface area contributed by atoms with E-state index in [2.05, 4.69) is 51.5 Å². The minimum Gasteiger partial charge on any atom is -0.336 e. The third-order valence-corrected chi connectivity index (χ3v) is 6.75. The zero-order valence-corrected chi connectivity index (χ0v) is 19.9. The third kappa shape index (κ3) is 4.71. The molecule has 1 fully saturated rings. The molecule has 5 rings (SSSR count). The van der Waals surface area contributed by atoms with Crippen LogP contribution in [0.5, 0.6) is 0 Å². The number of aromatic nitrogens is 3. The van der Waals surface area contributed by atoms with Crippen molar-refractivity contribution in [3.63, 3.8) is 0 Å². The maximum Gasteiger partial charge on any atom is 0.255 e. The van der Waals surface area contributed by atoms with E-state index in [-0.39, 0.29) is 11.9 Å². The van der Waals surface area contributed by atoms with Crippen LogP contribution < -0.4 is 0 Å². The maximum atomic E-state index is 13.4. The minimum absolute atomic E-state index is 0.0673. The first-order valence-electron chi connectivity index (χ1n) is 11.1. The predicted octanol–water partition coefficient (Wildman–Crippen LogP) is 5.12. The molecule has 3 aromatic carbocycles. The van der Waals surface area contributed by atoms with E-state index in [1.165, 1.54) is 11.1 Å². The number of halogens is 2. The molecule has 1 aliphatic rings. The first-order chi connectivity index (χ1) is 16.6. The largest absolute Gasteiger partial charge is 0.336 e. The van der Waals surface area contributed by atoms with E-state index in [9.17, 15) is 4.79 Å². The normalized spacial score (nSPS) is 15.3. The van der Waals surface area contributed by atoms with Crippen LogP contribution in [-0.2, 0) is 0 Å². The van der Waals surface area contributed by atoms with Gasteiger partial charge in [0.05, 0.1) is 16.6 Å². The molecule has 6 nitrogen and oxygen atoms in total.